The number of rotatable bonds is 4. The maximum atomic E-state index is 9.33. The molecule has 1 atom stereocenters. The molecule has 0 saturated heterocycles. The van der Waals surface area contributed by atoms with Crippen molar-refractivity contribution < 1.29 is 10.2 Å². The second-order valence-electron chi connectivity index (χ2n) is 2.87. The van der Waals surface area contributed by atoms with E-state index in [9.17, 15) is 5.11 Å². The molecule has 0 spiro atoms. The van der Waals surface area contributed by atoms with Gasteiger partial charge in [0.15, 0.2) is 0 Å². The summed E-state index contributed by atoms with van der Waals surface area (Å²) in [5.74, 6) is 0. The molecule has 1 radical (unpaired) electrons. The van der Waals surface area contributed by atoms with E-state index in [1.165, 1.54) is 0 Å². The van der Waals surface area contributed by atoms with Gasteiger partial charge in [0.2, 0.25) is 0 Å². The Morgan fingerprint density at radius 3 is 2.00 bits per heavy atom. The second-order valence-corrected chi connectivity index (χ2v) is 2.87. The van der Waals surface area contributed by atoms with E-state index < -0.39 is 0 Å². The second kappa shape index (κ2) is 3.94. The molecule has 0 saturated carbocycles. The molecule has 1 unspecified atom stereocenters. The molecule has 61 valence electrons. The summed E-state index contributed by atoms with van der Waals surface area (Å²) < 4.78 is 0. The highest BCUT2D eigenvalue weighted by atomic mass is 16.3. The minimum absolute atomic E-state index is 0.0309. The molecule has 2 nitrogen and oxygen atoms in total. The van der Waals surface area contributed by atoms with E-state index >= 15 is 0 Å². The molecule has 0 bridgehead atoms. The third kappa shape index (κ3) is 1.96. The third-order valence-electron chi connectivity index (χ3n) is 2.16. The van der Waals surface area contributed by atoms with Crippen molar-refractivity contribution in [2.24, 2.45) is 5.41 Å². The van der Waals surface area contributed by atoms with Crippen LogP contribution in [0, 0.1) is 11.5 Å². The molecular weight excluding hydrogens is 128 g/mol. The third-order valence-corrected chi connectivity index (χ3v) is 2.16. The Balaban J connectivity index is 4.02. The van der Waals surface area contributed by atoms with Crippen molar-refractivity contribution in [1.29, 1.82) is 0 Å². The summed E-state index contributed by atoms with van der Waals surface area (Å²) in [6.45, 7) is 5.75. The molecule has 10 heavy (non-hydrogen) atoms. The predicted molar refractivity (Wildman–Crippen MR) is 41.0 cm³/mol. The Hall–Kier alpha value is -0.0800. The molecule has 0 aromatic heterocycles. The monoisotopic (exact) mass is 145 g/mol. The average Bonchev–Trinajstić information content (AvgIpc) is 2.01. The minimum Gasteiger partial charge on any atom is -0.396 e. The van der Waals surface area contributed by atoms with Gasteiger partial charge in [0.1, 0.15) is 6.10 Å². The van der Waals surface area contributed by atoms with Gasteiger partial charge in [-0.25, -0.2) is 0 Å². The van der Waals surface area contributed by atoms with E-state index in [1.807, 2.05) is 20.8 Å². The minimum atomic E-state index is -0.380. The smallest absolute Gasteiger partial charge is 0.101 e. The van der Waals surface area contributed by atoms with Crippen LogP contribution in [0.1, 0.15) is 33.6 Å². The highest BCUT2D eigenvalue weighted by molar-refractivity contribution is 4.93. The van der Waals surface area contributed by atoms with Crippen LogP contribution in [0.3, 0.4) is 0 Å². The van der Waals surface area contributed by atoms with Crippen LogP contribution < -0.4 is 0 Å². The van der Waals surface area contributed by atoms with Gasteiger partial charge in [0.05, 0.1) is 6.61 Å². The summed E-state index contributed by atoms with van der Waals surface area (Å²) in [5, 5.41) is 18.2. The molecule has 0 aliphatic carbocycles. The lowest BCUT2D eigenvalue weighted by molar-refractivity contribution is 0.0668. The van der Waals surface area contributed by atoms with Crippen molar-refractivity contribution in [2.45, 2.75) is 33.6 Å². The van der Waals surface area contributed by atoms with E-state index in [4.69, 9.17) is 5.11 Å². The van der Waals surface area contributed by atoms with Crippen LogP contribution in [0.2, 0.25) is 0 Å². The van der Waals surface area contributed by atoms with Crippen LogP contribution in [-0.2, 0) is 0 Å². The van der Waals surface area contributed by atoms with Gasteiger partial charge < -0.3 is 10.2 Å². The van der Waals surface area contributed by atoms with E-state index in [0.717, 1.165) is 6.42 Å². The van der Waals surface area contributed by atoms with Gasteiger partial charge in [-0.3, -0.25) is 0 Å². The summed E-state index contributed by atoms with van der Waals surface area (Å²) in [6.07, 6.45) is 1.81. The van der Waals surface area contributed by atoms with Crippen molar-refractivity contribution in [3.05, 3.63) is 6.10 Å². The Bertz CT molecular complexity index is 87.3. The Morgan fingerprint density at radius 2 is 1.90 bits per heavy atom. The standard InChI is InChI=1S/C8H17O2/c1-4-7(10)8(3,5-2)6-9/h9-10H,4-6H2,1-3H3. The van der Waals surface area contributed by atoms with Gasteiger partial charge in [0.25, 0.3) is 0 Å². The maximum Gasteiger partial charge on any atom is 0.101 e. The first kappa shape index (κ1) is 9.92. The van der Waals surface area contributed by atoms with E-state index in [-0.39, 0.29) is 12.0 Å². The van der Waals surface area contributed by atoms with Crippen LogP contribution in [-0.4, -0.2) is 16.8 Å². The molecule has 0 amide bonds. The number of aliphatic hydroxyl groups is 2. The van der Waals surface area contributed by atoms with Crippen molar-refractivity contribution in [3.8, 4) is 0 Å². The van der Waals surface area contributed by atoms with Crippen molar-refractivity contribution in [2.75, 3.05) is 6.61 Å². The zero-order chi connectivity index (χ0) is 8.20. The number of hydrogen-bond acceptors (Lipinski definition) is 2. The van der Waals surface area contributed by atoms with Crippen molar-refractivity contribution in [1.82, 2.24) is 0 Å². The quantitative estimate of drug-likeness (QED) is 0.632. The van der Waals surface area contributed by atoms with Gasteiger partial charge in [-0.1, -0.05) is 20.8 Å². The highest BCUT2D eigenvalue weighted by Gasteiger charge is 2.29. The van der Waals surface area contributed by atoms with Gasteiger partial charge in [-0.15, -0.1) is 0 Å². The van der Waals surface area contributed by atoms with Gasteiger partial charge in [-0.2, -0.15) is 0 Å². The summed E-state index contributed by atoms with van der Waals surface area (Å²) in [7, 11) is 0. The maximum absolute atomic E-state index is 9.33. The van der Waals surface area contributed by atoms with E-state index in [0.29, 0.717) is 12.5 Å². The van der Waals surface area contributed by atoms with Crippen molar-refractivity contribution >= 4 is 0 Å². The lowest BCUT2D eigenvalue weighted by Gasteiger charge is -2.29. The largest absolute Gasteiger partial charge is 0.396 e. The normalized spacial score (nSPS) is 17.4. The molecule has 0 aliphatic heterocycles. The van der Waals surface area contributed by atoms with E-state index in [1.54, 1.807) is 0 Å². The summed E-state index contributed by atoms with van der Waals surface area (Å²) in [6, 6.07) is 0. The molecular formula is C8H17O2. The van der Waals surface area contributed by atoms with Crippen LogP contribution in [0.15, 0.2) is 0 Å². The molecule has 0 rings (SSSR count). The SMILES string of the molecule is CC[C](O)C(C)(CC)CO. The first-order valence-electron chi connectivity index (χ1n) is 3.76. The predicted octanol–water partition coefficient (Wildman–Crippen LogP) is 1.71. The Kier molecular flexibility index (Phi) is 3.91. The van der Waals surface area contributed by atoms with Crippen LogP contribution in [0.25, 0.3) is 0 Å². The molecule has 0 fully saturated rings. The topological polar surface area (TPSA) is 40.5 Å². The molecule has 0 aromatic rings. The van der Waals surface area contributed by atoms with Crippen molar-refractivity contribution in [3.63, 3.8) is 0 Å². The summed E-state index contributed by atoms with van der Waals surface area (Å²) in [5.41, 5.74) is -0.380. The summed E-state index contributed by atoms with van der Waals surface area (Å²) >= 11 is 0. The Labute approximate surface area is 62.9 Å². The lowest BCUT2D eigenvalue weighted by Crippen LogP contribution is -2.28. The first-order valence-corrected chi connectivity index (χ1v) is 3.76. The Morgan fingerprint density at radius 1 is 1.40 bits per heavy atom. The summed E-state index contributed by atoms with van der Waals surface area (Å²) in [4.78, 5) is 0. The molecule has 0 aliphatic rings. The van der Waals surface area contributed by atoms with Crippen LogP contribution >= 0.6 is 0 Å². The van der Waals surface area contributed by atoms with E-state index in [2.05, 4.69) is 0 Å². The molecule has 2 N–H and O–H groups in total. The zero-order valence-corrected chi connectivity index (χ0v) is 7.02. The first-order chi connectivity index (χ1) is 4.60. The van der Waals surface area contributed by atoms with Gasteiger partial charge in [0, 0.05) is 5.41 Å². The number of hydrogen-bond donors (Lipinski definition) is 2. The fraction of sp³-hybridized carbons (Fsp3) is 0.875. The van der Waals surface area contributed by atoms with Gasteiger partial charge >= 0.3 is 0 Å². The zero-order valence-electron chi connectivity index (χ0n) is 7.02. The fourth-order valence-electron chi connectivity index (χ4n) is 0.834. The molecule has 0 aromatic carbocycles. The highest BCUT2D eigenvalue weighted by Crippen LogP contribution is 2.32. The van der Waals surface area contributed by atoms with Gasteiger partial charge in [-0.05, 0) is 12.8 Å². The lowest BCUT2D eigenvalue weighted by atomic mass is 9.81. The fourth-order valence-corrected chi connectivity index (χ4v) is 0.834. The number of aliphatic hydroxyl groups excluding tert-OH is 2. The van der Waals surface area contributed by atoms with Crippen LogP contribution in [0.4, 0.5) is 0 Å². The molecule has 2 heteroatoms. The van der Waals surface area contributed by atoms with Crippen LogP contribution in [0.5, 0.6) is 0 Å². The average molecular weight is 145 g/mol. The molecule has 0 heterocycles.